The number of carbonyl (C=O) groups excluding carboxylic acids is 2. The molecule has 0 N–H and O–H groups in total. The van der Waals surface area contributed by atoms with Gasteiger partial charge in [0, 0.05) is 64.6 Å². The molecule has 3 aliphatic rings. The monoisotopic (exact) mass is 511 g/mol. The Hall–Kier alpha value is -2.98. The lowest BCUT2D eigenvalue weighted by molar-refractivity contribution is -0.137. The Morgan fingerprint density at radius 2 is 1.78 bits per heavy atom. The predicted octanol–water partition coefficient (Wildman–Crippen LogP) is 2.13. The minimum atomic E-state index is -3.73. The number of sulfonamides is 1. The van der Waals surface area contributed by atoms with Gasteiger partial charge in [-0.25, -0.2) is 13.4 Å². The third kappa shape index (κ3) is 4.84. The predicted molar refractivity (Wildman–Crippen MR) is 137 cm³/mol. The van der Waals surface area contributed by atoms with Gasteiger partial charge in [-0.15, -0.1) is 0 Å². The second-order valence-corrected chi connectivity index (χ2v) is 11.7. The minimum absolute atomic E-state index is 0.0372. The van der Waals surface area contributed by atoms with Crippen LogP contribution in [0.4, 0.5) is 11.5 Å². The van der Waals surface area contributed by atoms with Crippen LogP contribution in [0.2, 0.25) is 0 Å². The van der Waals surface area contributed by atoms with Gasteiger partial charge >= 0.3 is 0 Å². The van der Waals surface area contributed by atoms with Gasteiger partial charge in [-0.2, -0.15) is 4.31 Å². The topological polar surface area (TPSA) is 94.1 Å². The fraction of sp³-hybridized carbons (Fsp3) is 0.500. The molecular formula is C26H33N5O4S. The molecule has 192 valence electrons. The molecule has 0 unspecified atom stereocenters. The number of rotatable bonds is 4. The SMILES string of the molecule is CC(=O)N1CCCc2cc(S(=O)(=O)N3CCC[C@H](C(=O)N4CCN(c5ccccn5)CC4)C3)ccc21. The van der Waals surface area contributed by atoms with Crippen molar-refractivity contribution in [3.63, 3.8) is 0 Å². The molecule has 1 aromatic heterocycles. The molecule has 1 aromatic carbocycles. The van der Waals surface area contributed by atoms with Crippen molar-refractivity contribution in [3.8, 4) is 0 Å². The number of carbonyl (C=O) groups is 2. The maximum absolute atomic E-state index is 13.5. The van der Waals surface area contributed by atoms with Crippen molar-refractivity contribution < 1.29 is 18.0 Å². The van der Waals surface area contributed by atoms with E-state index in [9.17, 15) is 18.0 Å². The molecule has 0 spiro atoms. The summed E-state index contributed by atoms with van der Waals surface area (Å²) in [7, 11) is -3.73. The molecule has 5 rings (SSSR count). The lowest BCUT2D eigenvalue weighted by Crippen LogP contribution is -2.53. The molecule has 2 amide bonds. The molecule has 36 heavy (non-hydrogen) atoms. The first kappa shape index (κ1) is 24.7. The lowest BCUT2D eigenvalue weighted by Gasteiger charge is -2.39. The second-order valence-electron chi connectivity index (χ2n) is 9.77. The largest absolute Gasteiger partial charge is 0.353 e. The van der Waals surface area contributed by atoms with Crippen LogP contribution in [0.3, 0.4) is 0 Å². The van der Waals surface area contributed by atoms with E-state index in [1.165, 1.54) is 11.2 Å². The van der Waals surface area contributed by atoms with Gasteiger partial charge < -0.3 is 14.7 Å². The Morgan fingerprint density at radius 1 is 0.972 bits per heavy atom. The molecule has 0 saturated carbocycles. The molecule has 2 aromatic rings. The van der Waals surface area contributed by atoms with E-state index in [2.05, 4.69) is 9.88 Å². The van der Waals surface area contributed by atoms with Gasteiger partial charge in [-0.05, 0) is 61.6 Å². The fourth-order valence-corrected chi connectivity index (χ4v) is 7.10. The number of hydrogen-bond donors (Lipinski definition) is 0. The highest BCUT2D eigenvalue weighted by Crippen LogP contribution is 2.32. The second kappa shape index (κ2) is 10.2. The van der Waals surface area contributed by atoms with Crippen LogP contribution in [0.25, 0.3) is 0 Å². The van der Waals surface area contributed by atoms with Crippen LogP contribution in [-0.2, 0) is 26.0 Å². The maximum Gasteiger partial charge on any atom is 0.243 e. The standard InChI is InChI=1S/C26H33N5O4S/c1-20(32)31-13-5-6-21-18-23(9-10-24(21)31)36(34,35)30-12-4-7-22(19-30)26(33)29-16-14-28(15-17-29)25-8-2-3-11-27-25/h2-3,8-11,18,22H,4-7,12-17,19H2,1H3/t22-/m0/s1. The van der Waals surface area contributed by atoms with Gasteiger partial charge in [-0.1, -0.05) is 6.07 Å². The summed E-state index contributed by atoms with van der Waals surface area (Å²) in [6.07, 6.45) is 4.68. The molecule has 3 aliphatic heterocycles. The van der Waals surface area contributed by atoms with Crippen LogP contribution in [-0.4, -0.2) is 80.2 Å². The van der Waals surface area contributed by atoms with Crippen molar-refractivity contribution >= 4 is 33.3 Å². The van der Waals surface area contributed by atoms with Crippen molar-refractivity contribution in [1.29, 1.82) is 0 Å². The van der Waals surface area contributed by atoms with Gasteiger partial charge in [0.2, 0.25) is 21.8 Å². The molecule has 1 atom stereocenters. The van der Waals surface area contributed by atoms with Crippen LogP contribution in [0.15, 0.2) is 47.5 Å². The number of pyridine rings is 1. The molecule has 2 fully saturated rings. The number of anilines is 2. The van der Waals surface area contributed by atoms with E-state index in [4.69, 9.17) is 0 Å². The molecule has 4 heterocycles. The third-order valence-corrected chi connectivity index (χ3v) is 9.35. The maximum atomic E-state index is 13.5. The average Bonchev–Trinajstić information content (AvgIpc) is 2.92. The lowest BCUT2D eigenvalue weighted by atomic mass is 9.98. The molecule has 0 bridgehead atoms. The summed E-state index contributed by atoms with van der Waals surface area (Å²) in [5.74, 6) is 0.583. The molecule has 0 radical (unpaired) electrons. The highest BCUT2D eigenvalue weighted by molar-refractivity contribution is 7.89. The summed E-state index contributed by atoms with van der Waals surface area (Å²) in [6, 6.07) is 10.9. The highest BCUT2D eigenvalue weighted by atomic mass is 32.2. The zero-order chi connectivity index (χ0) is 25.3. The Labute approximate surface area is 212 Å². The van der Waals surface area contributed by atoms with Gasteiger partial charge in [0.05, 0.1) is 10.8 Å². The minimum Gasteiger partial charge on any atom is -0.353 e. The van der Waals surface area contributed by atoms with Crippen LogP contribution in [0.5, 0.6) is 0 Å². The number of fused-ring (bicyclic) bond motifs is 1. The Kier molecular flexibility index (Phi) is 6.98. The van der Waals surface area contributed by atoms with Crippen LogP contribution < -0.4 is 9.80 Å². The van der Waals surface area contributed by atoms with Gasteiger partial charge in [0.1, 0.15) is 5.82 Å². The van der Waals surface area contributed by atoms with Gasteiger partial charge in [-0.3, -0.25) is 9.59 Å². The Bertz CT molecular complexity index is 1230. The van der Waals surface area contributed by atoms with Crippen molar-refractivity contribution in [2.24, 2.45) is 5.92 Å². The summed E-state index contributed by atoms with van der Waals surface area (Å²) in [4.78, 5) is 35.7. The smallest absolute Gasteiger partial charge is 0.243 e. The number of piperazine rings is 1. The zero-order valence-corrected chi connectivity index (χ0v) is 21.5. The number of piperidine rings is 1. The Balaban J connectivity index is 1.25. The number of nitrogens with zero attached hydrogens (tertiary/aromatic N) is 5. The molecule has 0 aliphatic carbocycles. The fourth-order valence-electron chi connectivity index (χ4n) is 5.53. The first-order chi connectivity index (χ1) is 17.3. The average molecular weight is 512 g/mol. The van der Waals surface area contributed by atoms with Gasteiger partial charge in [0.25, 0.3) is 0 Å². The van der Waals surface area contributed by atoms with Crippen LogP contribution in [0, 0.1) is 5.92 Å². The van der Waals surface area contributed by atoms with Crippen molar-refractivity contribution in [2.45, 2.75) is 37.5 Å². The number of amides is 2. The number of aromatic nitrogens is 1. The van der Waals surface area contributed by atoms with E-state index in [0.717, 1.165) is 29.9 Å². The van der Waals surface area contributed by atoms with Crippen LogP contribution >= 0.6 is 0 Å². The first-order valence-electron chi connectivity index (χ1n) is 12.7. The van der Waals surface area contributed by atoms with Crippen molar-refractivity contribution in [2.75, 3.05) is 55.6 Å². The van der Waals surface area contributed by atoms with E-state index in [1.54, 1.807) is 29.3 Å². The first-order valence-corrected chi connectivity index (χ1v) is 14.1. The zero-order valence-electron chi connectivity index (χ0n) is 20.7. The number of hydrogen-bond acceptors (Lipinski definition) is 6. The van der Waals surface area contributed by atoms with Crippen molar-refractivity contribution in [3.05, 3.63) is 48.2 Å². The summed E-state index contributed by atoms with van der Waals surface area (Å²) >= 11 is 0. The molecular weight excluding hydrogens is 478 g/mol. The Morgan fingerprint density at radius 3 is 2.50 bits per heavy atom. The number of aryl methyl sites for hydroxylation is 1. The molecule has 2 saturated heterocycles. The normalized spacial score (nSPS) is 21.2. The number of benzene rings is 1. The summed E-state index contributed by atoms with van der Waals surface area (Å²) in [5, 5.41) is 0. The highest BCUT2D eigenvalue weighted by Gasteiger charge is 2.36. The van der Waals surface area contributed by atoms with E-state index in [0.29, 0.717) is 52.1 Å². The van der Waals surface area contributed by atoms with E-state index in [-0.39, 0.29) is 29.2 Å². The van der Waals surface area contributed by atoms with E-state index in [1.807, 2.05) is 23.1 Å². The van der Waals surface area contributed by atoms with Crippen LogP contribution in [0.1, 0.15) is 31.7 Å². The van der Waals surface area contributed by atoms with E-state index < -0.39 is 10.0 Å². The molecule has 10 heteroatoms. The molecule has 9 nitrogen and oxygen atoms in total. The third-order valence-electron chi connectivity index (χ3n) is 7.49. The van der Waals surface area contributed by atoms with Crippen molar-refractivity contribution in [1.82, 2.24) is 14.2 Å². The summed E-state index contributed by atoms with van der Waals surface area (Å²) < 4.78 is 28.5. The quantitative estimate of drug-likeness (QED) is 0.624. The summed E-state index contributed by atoms with van der Waals surface area (Å²) in [6.45, 7) is 5.44. The van der Waals surface area contributed by atoms with Gasteiger partial charge in [0.15, 0.2) is 0 Å². The van der Waals surface area contributed by atoms with E-state index >= 15 is 0 Å². The summed E-state index contributed by atoms with van der Waals surface area (Å²) in [5.41, 5.74) is 1.68.